The van der Waals surface area contributed by atoms with E-state index in [1.807, 2.05) is 12.1 Å². The van der Waals surface area contributed by atoms with Crippen LogP contribution in [0.25, 0.3) is 0 Å². The van der Waals surface area contributed by atoms with Gasteiger partial charge in [-0.05, 0) is 73.5 Å². The molecule has 1 N–H and O–H groups in total. The van der Waals surface area contributed by atoms with Crippen molar-refractivity contribution >= 4 is 11.6 Å². The summed E-state index contributed by atoms with van der Waals surface area (Å²) in [5.41, 5.74) is 2.69. The van der Waals surface area contributed by atoms with E-state index in [0.717, 1.165) is 29.7 Å². The van der Waals surface area contributed by atoms with E-state index >= 15 is 0 Å². The Bertz CT molecular complexity index is 636. The van der Waals surface area contributed by atoms with E-state index in [1.54, 1.807) is 7.11 Å². The number of hydrogen-bond acceptors (Lipinski definition) is 2. The Labute approximate surface area is 163 Å². The van der Waals surface area contributed by atoms with Crippen LogP contribution in [0.5, 0.6) is 5.75 Å². The van der Waals surface area contributed by atoms with Gasteiger partial charge in [-0.1, -0.05) is 56.1 Å². The summed E-state index contributed by atoms with van der Waals surface area (Å²) < 4.78 is 5.30. The first-order valence-corrected chi connectivity index (χ1v) is 10.00. The molecule has 0 saturated heterocycles. The molecule has 2 rings (SSSR count). The fourth-order valence-electron chi connectivity index (χ4n) is 3.23. The molecule has 2 aromatic rings. The smallest absolute Gasteiger partial charge is 0.118 e. The lowest BCUT2D eigenvalue weighted by Gasteiger charge is -2.21. The summed E-state index contributed by atoms with van der Waals surface area (Å²) in [6.45, 7) is 7.80. The zero-order chi connectivity index (χ0) is 18.9. The molecule has 2 aromatic carbocycles. The second kappa shape index (κ2) is 10.6. The molecule has 0 saturated carbocycles. The number of hydrogen-bond donors (Lipinski definition) is 1. The molecule has 0 aliphatic rings. The third-order valence-electron chi connectivity index (χ3n) is 4.99. The summed E-state index contributed by atoms with van der Waals surface area (Å²) in [5, 5.41) is 4.45. The number of halogens is 1. The van der Waals surface area contributed by atoms with Gasteiger partial charge < -0.3 is 10.1 Å². The van der Waals surface area contributed by atoms with Crippen molar-refractivity contribution in [3.05, 3.63) is 64.7 Å². The maximum Gasteiger partial charge on any atom is 0.118 e. The van der Waals surface area contributed by atoms with Gasteiger partial charge in [0.2, 0.25) is 0 Å². The summed E-state index contributed by atoms with van der Waals surface area (Å²) in [5.74, 6) is 2.23. The van der Waals surface area contributed by atoms with E-state index in [0.29, 0.717) is 12.0 Å². The van der Waals surface area contributed by atoms with Crippen molar-refractivity contribution in [3.63, 3.8) is 0 Å². The molecule has 2 atom stereocenters. The molecule has 142 valence electrons. The van der Waals surface area contributed by atoms with Crippen LogP contribution >= 0.6 is 11.6 Å². The summed E-state index contributed by atoms with van der Waals surface area (Å²) in [6, 6.07) is 17.0. The molecule has 0 aliphatic carbocycles. The first-order chi connectivity index (χ1) is 12.5. The molecule has 0 heterocycles. The van der Waals surface area contributed by atoms with Gasteiger partial charge in [0.15, 0.2) is 0 Å². The normalized spacial score (nSPS) is 13.6. The lowest BCUT2D eigenvalue weighted by molar-refractivity contribution is 0.414. The van der Waals surface area contributed by atoms with Gasteiger partial charge >= 0.3 is 0 Å². The van der Waals surface area contributed by atoms with Gasteiger partial charge in [0.25, 0.3) is 0 Å². The molecule has 0 aromatic heterocycles. The second-order valence-corrected chi connectivity index (χ2v) is 7.89. The molecule has 26 heavy (non-hydrogen) atoms. The molecule has 2 nitrogen and oxygen atoms in total. The van der Waals surface area contributed by atoms with Gasteiger partial charge in [-0.3, -0.25) is 0 Å². The fraction of sp³-hybridized carbons (Fsp3) is 0.478. The van der Waals surface area contributed by atoms with Gasteiger partial charge in [0.05, 0.1) is 7.11 Å². The molecule has 0 unspecified atom stereocenters. The van der Waals surface area contributed by atoms with Crippen molar-refractivity contribution in [3.8, 4) is 5.75 Å². The van der Waals surface area contributed by atoms with Gasteiger partial charge in [0, 0.05) is 11.1 Å². The van der Waals surface area contributed by atoms with Gasteiger partial charge in [-0.15, -0.1) is 0 Å². The maximum absolute atomic E-state index is 5.98. The van der Waals surface area contributed by atoms with Crippen molar-refractivity contribution in [1.29, 1.82) is 0 Å². The zero-order valence-electron chi connectivity index (χ0n) is 16.5. The molecular weight excluding hydrogens is 342 g/mol. The molecule has 0 spiro atoms. The predicted octanol–water partition coefficient (Wildman–Crippen LogP) is 6.61. The molecule has 0 bridgehead atoms. The minimum Gasteiger partial charge on any atom is -0.497 e. The largest absolute Gasteiger partial charge is 0.497 e. The van der Waals surface area contributed by atoms with E-state index < -0.39 is 0 Å². The Morgan fingerprint density at radius 3 is 2.04 bits per heavy atom. The Balaban J connectivity index is 1.93. The van der Waals surface area contributed by atoms with E-state index in [2.05, 4.69) is 62.5 Å². The number of nitrogens with one attached hydrogen (secondary N) is 1. The van der Waals surface area contributed by atoms with Crippen molar-refractivity contribution in [2.24, 2.45) is 5.92 Å². The standard InChI is InChI=1S/C23H32ClNO/c1-17(2)5-6-21(20-9-13-23(26-4)14-10-20)15-16-25-18(3)19-7-11-22(24)12-8-19/h7-14,17-18,21,25H,5-6,15-16H2,1-4H3/t18-,21-/m1/s1. The van der Waals surface area contributed by atoms with Gasteiger partial charge in [0.1, 0.15) is 5.75 Å². The van der Waals surface area contributed by atoms with Crippen LogP contribution in [0.3, 0.4) is 0 Å². The van der Waals surface area contributed by atoms with Gasteiger partial charge in [-0.2, -0.15) is 0 Å². The maximum atomic E-state index is 5.98. The first kappa shape index (κ1) is 20.8. The van der Waals surface area contributed by atoms with Gasteiger partial charge in [-0.25, -0.2) is 0 Å². The summed E-state index contributed by atoms with van der Waals surface area (Å²) in [6.07, 6.45) is 3.61. The quantitative estimate of drug-likeness (QED) is 0.506. The molecule has 0 fully saturated rings. The van der Waals surface area contributed by atoms with Crippen LogP contribution in [0.2, 0.25) is 5.02 Å². The number of rotatable bonds is 10. The average molecular weight is 374 g/mol. The summed E-state index contributed by atoms with van der Waals surface area (Å²) >= 11 is 5.98. The van der Waals surface area contributed by atoms with Crippen molar-refractivity contribution in [1.82, 2.24) is 5.32 Å². The second-order valence-electron chi connectivity index (χ2n) is 7.46. The number of methoxy groups -OCH3 is 1. The summed E-state index contributed by atoms with van der Waals surface area (Å²) in [4.78, 5) is 0. The van der Waals surface area contributed by atoms with E-state index in [-0.39, 0.29) is 0 Å². The van der Waals surface area contributed by atoms with Crippen molar-refractivity contribution < 1.29 is 4.74 Å². The average Bonchev–Trinajstić information content (AvgIpc) is 2.65. The molecule has 0 aliphatic heterocycles. The van der Waals surface area contributed by atoms with E-state index in [9.17, 15) is 0 Å². The van der Waals surface area contributed by atoms with Crippen LogP contribution in [0.1, 0.15) is 63.1 Å². The lowest BCUT2D eigenvalue weighted by Crippen LogP contribution is -2.21. The van der Waals surface area contributed by atoms with Crippen molar-refractivity contribution in [2.75, 3.05) is 13.7 Å². The lowest BCUT2D eigenvalue weighted by atomic mass is 9.88. The van der Waals surface area contributed by atoms with Crippen LogP contribution in [0.4, 0.5) is 0 Å². The van der Waals surface area contributed by atoms with E-state index in [4.69, 9.17) is 16.3 Å². The molecule has 0 radical (unpaired) electrons. The highest BCUT2D eigenvalue weighted by Crippen LogP contribution is 2.28. The third-order valence-corrected chi connectivity index (χ3v) is 5.24. The predicted molar refractivity (Wildman–Crippen MR) is 112 cm³/mol. The van der Waals surface area contributed by atoms with Crippen LogP contribution < -0.4 is 10.1 Å². The Kier molecular flexibility index (Phi) is 8.47. The highest BCUT2D eigenvalue weighted by atomic mass is 35.5. The summed E-state index contributed by atoms with van der Waals surface area (Å²) in [7, 11) is 1.72. The monoisotopic (exact) mass is 373 g/mol. The molecule has 3 heteroatoms. The highest BCUT2D eigenvalue weighted by Gasteiger charge is 2.13. The van der Waals surface area contributed by atoms with Crippen LogP contribution in [0.15, 0.2) is 48.5 Å². The van der Waals surface area contributed by atoms with Crippen LogP contribution in [-0.2, 0) is 0 Å². The number of benzene rings is 2. The van der Waals surface area contributed by atoms with E-state index in [1.165, 1.54) is 24.0 Å². The Morgan fingerprint density at radius 2 is 1.46 bits per heavy atom. The highest BCUT2D eigenvalue weighted by molar-refractivity contribution is 6.30. The topological polar surface area (TPSA) is 21.3 Å². The molecular formula is C23H32ClNO. The third kappa shape index (κ3) is 6.66. The zero-order valence-corrected chi connectivity index (χ0v) is 17.2. The van der Waals surface area contributed by atoms with Crippen LogP contribution in [-0.4, -0.2) is 13.7 Å². The minimum atomic E-state index is 0.328. The SMILES string of the molecule is COc1ccc([C@@H](CCN[C@H](C)c2ccc(Cl)cc2)CCC(C)C)cc1. The Morgan fingerprint density at radius 1 is 0.846 bits per heavy atom. The fourth-order valence-corrected chi connectivity index (χ4v) is 3.36. The number of ether oxygens (including phenoxy) is 1. The minimum absolute atomic E-state index is 0.328. The molecule has 0 amide bonds. The van der Waals surface area contributed by atoms with Crippen molar-refractivity contribution in [2.45, 2.75) is 52.0 Å². The van der Waals surface area contributed by atoms with Crippen LogP contribution in [0, 0.1) is 5.92 Å². The Hall–Kier alpha value is -1.51. The first-order valence-electron chi connectivity index (χ1n) is 9.62.